The van der Waals surface area contributed by atoms with E-state index in [4.69, 9.17) is 9.84 Å². The highest BCUT2D eigenvalue weighted by Crippen LogP contribution is 2.44. The molecule has 0 aliphatic heterocycles. The fourth-order valence-corrected chi connectivity index (χ4v) is 3.49. The van der Waals surface area contributed by atoms with E-state index < -0.39 is 36.9 Å². The third-order valence-electron chi connectivity index (χ3n) is 4.88. The fraction of sp³-hybridized carbons (Fsp3) is 0.261. The smallest absolute Gasteiger partial charge is 0.407 e. The molecule has 0 saturated heterocycles. The number of rotatable bonds is 7. The number of carboxylic acids is 1. The Morgan fingerprint density at radius 1 is 1.03 bits per heavy atom. The standard InChI is InChI=1S/C23H20F2N2O5/c24-22(25)19(12-21(29)30)27-20(28)10-5-11-26-23(31)32-13-18-16-8-3-1-6-14(16)15-7-2-4-9-17(15)18/h1-4,6-9,18-19,22H,11-13H2,(H,26,31)(H,27,28)(H,29,30). The van der Waals surface area contributed by atoms with Crippen molar-refractivity contribution in [2.75, 3.05) is 13.2 Å². The summed E-state index contributed by atoms with van der Waals surface area (Å²) in [6, 6.07) is 13.9. The molecular weight excluding hydrogens is 422 g/mol. The Hall–Kier alpha value is -3.93. The van der Waals surface area contributed by atoms with Gasteiger partial charge in [0.25, 0.3) is 12.3 Å². The molecule has 0 aromatic heterocycles. The van der Waals surface area contributed by atoms with Crippen LogP contribution in [-0.2, 0) is 14.3 Å². The van der Waals surface area contributed by atoms with Crippen molar-refractivity contribution in [1.82, 2.24) is 10.6 Å². The number of halogens is 2. The second-order valence-electron chi connectivity index (χ2n) is 6.99. The summed E-state index contributed by atoms with van der Waals surface area (Å²) in [6.45, 7) is -0.137. The number of hydrogen-bond acceptors (Lipinski definition) is 4. The van der Waals surface area contributed by atoms with E-state index in [1.54, 1.807) is 0 Å². The number of carbonyl (C=O) groups excluding carboxylic acids is 2. The zero-order chi connectivity index (χ0) is 23.1. The monoisotopic (exact) mass is 442 g/mol. The molecule has 7 nitrogen and oxygen atoms in total. The maximum absolute atomic E-state index is 12.7. The number of carboxylic acid groups (broad SMARTS) is 1. The summed E-state index contributed by atoms with van der Waals surface area (Å²) < 4.78 is 30.7. The van der Waals surface area contributed by atoms with Crippen molar-refractivity contribution >= 4 is 18.0 Å². The van der Waals surface area contributed by atoms with Crippen molar-refractivity contribution < 1.29 is 33.0 Å². The van der Waals surface area contributed by atoms with E-state index in [0.29, 0.717) is 0 Å². The molecule has 1 unspecified atom stereocenters. The summed E-state index contributed by atoms with van der Waals surface area (Å²) in [7, 11) is 0. The lowest BCUT2D eigenvalue weighted by Gasteiger charge is -2.14. The third kappa shape index (κ3) is 5.60. The normalized spacial score (nSPS) is 12.7. The van der Waals surface area contributed by atoms with Crippen LogP contribution in [0, 0.1) is 11.8 Å². The third-order valence-corrected chi connectivity index (χ3v) is 4.88. The molecule has 2 aromatic carbocycles. The van der Waals surface area contributed by atoms with Crippen molar-refractivity contribution in [2.24, 2.45) is 0 Å². The van der Waals surface area contributed by atoms with Crippen LogP contribution in [-0.4, -0.2) is 48.7 Å². The van der Waals surface area contributed by atoms with Gasteiger partial charge in [-0.25, -0.2) is 13.6 Å². The van der Waals surface area contributed by atoms with Crippen LogP contribution in [0.15, 0.2) is 48.5 Å². The number of benzene rings is 2. The molecule has 0 spiro atoms. The second-order valence-corrected chi connectivity index (χ2v) is 6.99. The Kier molecular flexibility index (Phi) is 7.39. The first kappa shape index (κ1) is 22.7. The van der Waals surface area contributed by atoms with E-state index >= 15 is 0 Å². The first-order valence-corrected chi connectivity index (χ1v) is 9.75. The van der Waals surface area contributed by atoms with Crippen molar-refractivity contribution in [3.63, 3.8) is 0 Å². The number of carbonyl (C=O) groups is 3. The minimum atomic E-state index is -3.05. The maximum atomic E-state index is 12.7. The minimum absolute atomic E-state index is 0.106. The Morgan fingerprint density at radius 2 is 1.62 bits per heavy atom. The SMILES string of the molecule is O=C(O)CC(NC(=O)C#CCNC(=O)OCC1c2ccccc2-c2ccccc21)C(F)F. The number of ether oxygens (including phenoxy) is 1. The van der Waals surface area contributed by atoms with Gasteiger partial charge in [-0.3, -0.25) is 9.59 Å². The number of hydrogen-bond donors (Lipinski definition) is 3. The van der Waals surface area contributed by atoms with E-state index in [-0.39, 0.29) is 19.1 Å². The Labute approximate surface area is 182 Å². The minimum Gasteiger partial charge on any atom is -0.481 e. The van der Waals surface area contributed by atoms with Gasteiger partial charge in [0, 0.05) is 5.92 Å². The lowest BCUT2D eigenvalue weighted by molar-refractivity contribution is -0.138. The zero-order valence-corrected chi connectivity index (χ0v) is 16.8. The molecule has 0 bridgehead atoms. The van der Waals surface area contributed by atoms with Gasteiger partial charge in [0.05, 0.1) is 13.0 Å². The summed E-state index contributed by atoms with van der Waals surface area (Å²) in [6.07, 6.45) is -4.71. The highest BCUT2D eigenvalue weighted by Gasteiger charge is 2.29. The summed E-state index contributed by atoms with van der Waals surface area (Å²) in [5.41, 5.74) is 4.32. The first-order valence-electron chi connectivity index (χ1n) is 9.75. The molecule has 1 aliphatic rings. The number of fused-ring (bicyclic) bond motifs is 3. The highest BCUT2D eigenvalue weighted by molar-refractivity contribution is 5.94. The first-order chi connectivity index (χ1) is 15.4. The number of aliphatic carboxylic acids is 1. The summed E-state index contributed by atoms with van der Waals surface area (Å²) in [5, 5.41) is 12.8. The van der Waals surface area contributed by atoms with Crippen molar-refractivity contribution in [2.45, 2.75) is 24.8 Å². The van der Waals surface area contributed by atoms with Crippen molar-refractivity contribution in [3.05, 3.63) is 59.7 Å². The van der Waals surface area contributed by atoms with E-state index in [1.807, 2.05) is 59.8 Å². The van der Waals surface area contributed by atoms with Crippen LogP contribution in [0.4, 0.5) is 13.6 Å². The molecule has 3 rings (SSSR count). The molecule has 3 N–H and O–H groups in total. The van der Waals surface area contributed by atoms with Gasteiger partial charge in [0.15, 0.2) is 0 Å². The topological polar surface area (TPSA) is 105 Å². The van der Waals surface area contributed by atoms with Crippen LogP contribution in [0.1, 0.15) is 23.5 Å². The predicted octanol–water partition coefficient (Wildman–Crippen LogP) is 2.75. The van der Waals surface area contributed by atoms with Gasteiger partial charge in [-0.15, -0.1) is 0 Å². The number of nitrogens with one attached hydrogen (secondary N) is 2. The Balaban J connectivity index is 1.49. The Bertz CT molecular complexity index is 1030. The average molecular weight is 442 g/mol. The van der Waals surface area contributed by atoms with Crippen molar-refractivity contribution in [1.29, 1.82) is 0 Å². The molecule has 9 heteroatoms. The van der Waals surface area contributed by atoms with Gasteiger partial charge in [0.1, 0.15) is 12.6 Å². The molecular formula is C23H20F2N2O5. The quantitative estimate of drug-likeness (QED) is 0.572. The summed E-state index contributed by atoms with van der Waals surface area (Å²) >= 11 is 0. The van der Waals surface area contributed by atoms with Crippen LogP contribution in [0.5, 0.6) is 0 Å². The van der Waals surface area contributed by atoms with Crippen LogP contribution in [0.25, 0.3) is 11.1 Å². The number of alkyl carbamates (subject to hydrolysis) is 1. The molecule has 1 aliphatic carbocycles. The maximum Gasteiger partial charge on any atom is 0.407 e. The van der Waals surface area contributed by atoms with Crippen molar-refractivity contribution in [3.8, 4) is 23.0 Å². The number of amides is 2. The zero-order valence-electron chi connectivity index (χ0n) is 16.8. The van der Waals surface area contributed by atoms with Gasteiger partial charge in [0.2, 0.25) is 0 Å². The molecule has 0 fully saturated rings. The van der Waals surface area contributed by atoms with Crippen LogP contribution < -0.4 is 10.6 Å². The molecule has 0 radical (unpaired) electrons. The van der Waals surface area contributed by atoms with Crippen LogP contribution in [0.2, 0.25) is 0 Å². The van der Waals surface area contributed by atoms with E-state index in [2.05, 4.69) is 11.2 Å². The molecule has 166 valence electrons. The second kappa shape index (κ2) is 10.4. The Morgan fingerprint density at radius 3 is 2.19 bits per heavy atom. The average Bonchev–Trinajstić information content (AvgIpc) is 3.08. The van der Waals surface area contributed by atoms with Gasteiger partial charge in [-0.05, 0) is 28.2 Å². The fourth-order valence-electron chi connectivity index (χ4n) is 3.49. The van der Waals surface area contributed by atoms with Gasteiger partial charge < -0.3 is 20.5 Å². The molecule has 1 atom stereocenters. The van der Waals surface area contributed by atoms with E-state index in [1.165, 1.54) is 0 Å². The number of alkyl halides is 2. The van der Waals surface area contributed by atoms with Gasteiger partial charge in [-0.1, -0.05) is 54.5 Å². The van der Waals surface area contributed by atoms with Crippen LogP contribution >= 0.6 is 0 Å². The van der Waals surface area contributed by atoms with E-state index in [0.717, 1.165) is 22.3 Å². The molecule has 2 amide bonds. The largest absolute Gasteiger partial charge is 0.481 e. The lowest BCUT2D eigenvalue weighted by atomic mass is 9.98. The predicted molar refractivity (Wildman–Crippen MR) is 111 cm³/mol. The lowest BCUT2D eigenvalue weighted by Crippen LogP contribution is -2.41. The van der Waals surface area contributed by atoms with Gasteiger partial charge >= 0.3 is 12.1 Å². The summed E-state index contributed by atoms with van der Waals surface area (Å²) in [5.74, 6) is 1.69. The molecule has 32 heavy (non-hydrogen) atoms. The molecule has 0 heterocycles. The van der Waals surface area contributed by atoms with Gasteiger partial charge in [-0.2, -0.15) is 0 Å². The van der Waals surface area contributed by atoms with Crippen LogP contribution in [0.3, 0.4) is 0 Å². The van der Waals surface area contributed by atoms with E-state index in [9.17, 15) is 23.2 Å². The molecule has 2 aromatic rings. The molecule has 0 saturated carbocycles. The summed E-state index contributed by atoms with van der Waals surface area (Å²) in [4.78, 5) is 34.1. The highest BCUT2D eigenvalue weighted by atomic mass is 19.3.